The summed E-state index contributed by atoms with van der Waals surface area (Å²) in [5, 5.41) is 6.86. The van der Waals surface area contributed by atoms with Gasteiger partial charge >= 0.3 is 0 Å². The lowest BCUT2D eigenvalue weighted by molar-refractivity contribution is -0.123. The molecule has 0 unspecified atom stereocenters. The monoisotopic (exact) mass is 383 g/mol. The first-order chi connectivity index (χ1) is 11.9. The third-order valence-electron chi connectivity index (χ3n) is 3.51. The zero-order valence-electron chi connectivity index (χ0n) is 13.4. The normalized spacial score (nSPS) is 12.0. The van der Waals surface area contributed by atoms with Crippen molar-refractivity contribution in [1.29, 1.82) is 0 Å². The van der Waals surface area contributed by atoms with Crippen molar-refractivity contribution in [3.8, 4) is 0 Å². The highest BCUT2D eigenvalue weighted by molar-refractivity contribution is 8.01. The van der Waals surface area contributed by atoms with Crippen molar-refractivity contribution in [2.75, 3.05) is 11.1 Å². The molecule has 0 aliphatic rings. The Kier molecular flexibility index (Phi) is 5.00. The number of thioether (sulfide) groups is 1. The van der Waals surface area contributed by atoms with Gasteiger partial charge in [0.05, 0.1) is 16.0 Å². The van der Waals surface area contributed by atoms with E-state index in [-0.39, 0.29) is 11.7 Å². The average Bonchev–Trinajstić information content (AvgIpc) is 3.22. The molecule has 132 valence electrons. The van der Waals surface area contributed by atoms with Gasteiger partial charge in [-0.15, -0.1) is 11.3 Å². The van der Waals surface area contributed by atoms with Crippen LogP contribution in [-0.2, 0) is 10.3 Å². The van der Waals surface area contributed by atoms with Crippen LogP contribution >= 0.6 is 23.1 Å². The van der Waals surface area contributed by atoms with E-state index < -0.39 is 12.0 Å². The Balaban J connectivity index is 1.76. The molecule has 2 aromatic heterocycles. The number of alkyl halides is 2. The molecule has 10 heteroatoms. The molecule has 0 spiro atoms. The fraction of sp³-hybridized carbons (Fsp3) is 0.333. The van der Waals surface area contributed by atoms with Gasteiger partial charge in [0.15, 0.2) is 4.34 Å². The van der Waals surface area contributed by atoms with E-state index in [2.05, 4.69) is 20.4 Å². The number of amides is 1. The van der Waals surface area contributed by atoms with E-state index in [1.807, 2.05) is 0 Å². The van der Waals surface area contributed by atoms with E-state index >= 15 is 0 Å². The summed E-state index contributed by atoms with van der Waals surface area (Å²) in [5.74, 6) is -0.524. The fourth-order valence-corrected chi connectivity index (χ4v) is 3.94. The zero-order chi connectivity index (χ0) is 18.0. The largest absolute Gasteiger partial charge is 0.324 e. The minimum Gasteiger partial charge on any atom is -0.324 e. The van der Waals surface area contributed by atoms with E-state index in [0.717, 1.165) is 22.0 Å². The highest BCUT2D eigenvalue weighted by Crippen LogP contribution is 2.32. The Hall–Kier alpha value is -2.07. The molecule has 3 aromatic rings. The first-order valence-corrected chi connectivity index (χ1v) is 9.14. The van der Waals surface area contributed by atoms with Crippen LogP contribution in [0, 0.1) is 0 Å². The molecule has 0 radical (unpaired) electrons. The quantitative estimate of drug-likeness (QED) is 0.658. The Labute approximate surface area is 150 Å². The Morgan fingerprint density at radius 3 is 2.92 bits per heavy atom. The van der Waals surface area contributed by atoms with Crippen molar-refractivity contribution in [3.63, 3.8) is 0 Å². The zero-order valence-corrected chi connectivity index (χ0v) is 15.1. The van der Waals surface area contributed by atoms with E-state index in [4.69, 9.17) is 0 Å². The van der Waals surface area contributed by atoms with E-state index in [1.165, 1.54) is 28.7 Å². The second-order valence-electron chi connectivity index (χ2n) is 5.72. The van der Waals surface area contributed by atoms with Gasteiger partial charge in [0.25, 0.3) is 5.91 Å². The Morgan fingerprint density at radius 2 is 2.24 bits per heavy atom. The predicted octanol–water partition coefficient (Wildman–Crippen LogP) is 3.62. The number of carbonyl (C=O) groups excluding carboxylic acids is 1. The lowest BCUT2D eigenvalue weighted by Crippen LogP contribution is -2.40. The van der Waals surface area contributed by atoms with Crippen molar-refractivity contribution in [2.45, 2.75) is 30.2 Å². The first-order valence-electron chi connectivity index (χ1n) is 7.34. The molecule has 0 fully saturated rings. The summed E-state index contributed by atoms with van der Waals surface area (Å²) in [4.78, 5) is 20.7. The minimum absolute atomic E-state index is 0.242. The van der Waals surface area contributed by atoms with Crippen LogP contribution in [-0.4, -0.2) is 37.8 Å². The second-order valence-corrected chi connectivity index (χ2v) is 8.02. The summed E-state index contributed by atoms with van der Waals surface area (Å²) in [5.41, 5.74) is 0.423. The maximum absolute atomic E-state index is 12.6. The van der Waals surface area contributed by atoms with Crippen molar-refractivity contribution < 1.29 is 13.6 Å². The van der Waals surface area contributed by atoms with Crippen molar-refractivity contribution in [1.82, 2.24) is 19.7 Å². The van der Waals surface area contributed by atoms with Gasteiger partial charge in [0.2, 0.25) is 6.43 Å². The number of nitrogens with zero attached hydrogens (tertiary/aromatic N) is 4. The van der Waals surface area contributed by atoms with Crippen molar-refractivity contribution in [3.05, 3.63) is 30.9 Å². The second kappa shape index (κ2) is 7.04. The smallest absolute Gasteiger partial charge is 0.251 e. The van der Waals surface area contributed by atoms with Crippen LogP contribution in [0.15, 0.2) is 35.2 Å². The van der Waals surface area contributed by atoms with Gasteiger partial charge in [-0.25, -0.2) is 23.4 Å². The Morgan fingerprint density at radius 1 is 1.44 bits per heavy atom. The fourth-order valence-electron chi connectivity index (χ4n) is 2.06. The molecular weight excluding hydrogens is 368 g/mol. The lowest BCUT2D eigenvalue weighted by atomic mass is 10.1. The molecule has 25 heavy (non-hydrogen) atoms. The standard InChI is InChI=1S/C15H15F2N5OS2/c1-15(2,22-8-18-7-19-22)13(23)20-9-3-4-10-11(5-9)25-14(21-10)24-6-12(16)17/h3-5,7-8,12H,6H2,1-2H3,(H,20,23). The molecule has 0 atom stereocenters. The number of nitrogens with one attached hydrogen (secondary N) is 1. The van der Waals surface area contributed by atoms with Crippen molar-refractivity contribution >= 4 is 44.9 Å². The summed E-state index contributed by atoms with van der Waals surface area (Å²) in [6.07, 6.45) is 0.487. The van der Waals surface area contributed by atoms with Crippen LogP contribution < -0.4 is 5.32 Å². The average molecular weight is 383 g/mol. The molecule has 0 saturated carbocycles. The molecule has 1 aromatic carbocycles. The summed E-state index contributed by atoms with van der Waals surface area (Å²) < 4.78 is 27.5. The number of halogens is 2. The lowest BCUT2D eigenvalue weighted by Gasteiger charge is -2.23. The van der Waals surface area contributed by atoms with E-state index in [9.17, 15) is 13.6 Å². The van der Waals surface area contributed by atoms with Gasteiger partial charge in [0, 0.05) is 5.69 Å². The Bertz CT molecular complexity index is 879. The molecule has 0 aliphatic carbocycles. The number of aromatic nitrogens is 4. The van der Waals surface area contributed by atoms with Crippen LogP contribution in [0.5, 0.6) is 0 Å². The topological polar surface area (TPSA) is 72.7 Å². The van der Waals surface area contributed by atoms with Gasteiger partial charge in [0.1, 0.15) is 18.2 Å². The number of carbonyl (C=O) groups is 1. The molecule has 3 rings (SSSR count). The van der Waals surface area contributed by atoms with Crippen LogP contribution in [0.1, 0.15) is 13.8 Å². The van der Waals surface area contributed by atoms with Gasteiger partial charge in [-0.3, -0.25) is 4.79 Å². The molecule has 2 heterocycles. The number of benzene rings is 1. The summed E-state index contributed by atoms with van der Waals surface area (Å²) in [6.45, 7) is 3.47. The molecule has 6 nitrogen and oxygen atoms in total. The molecule has 0 saturated heterocycles. The molecule has 1 amide bonds. The van der Waals surface area contributed by atoms with Gasteiger partial charge in [-0.2, -0.15) is 5.10 Å². The minimum atomic E-state index is -2.37. The van der Waals surface area contributed by atoms with Crippen LogP contribution in [0.4, 0.5) is 14.5 Å². The van der Waals surface area contributed by atoms with Crippen LogP contribution in [0.2, 0.25) is 0 Å². The number of hydrogen-bond donors (Lipinski definition) is 1. The maximum atomic E-state index is 12.6. The van der Waals surface area contributed by atoms with E-state index in [1.54, 1.807) is 32.0 Å². The summed E-state index contributed by atoms with van der Waals surface area (Å²) >= 11 is 2.35. The maximum Gasteiger partial charge on any atom is 0.251 e. The number of hydrogen-bond acceptors (Lipinski definition) is 6. The van der Waals surface area contributed by atoms with Crippen molar-refractivity contribution in [2.24, 2.45) is 0 Å². The third-order valence-corrected chi connectivity index (χ3v) is 5.68. The molecular formula is C15H15F2N5OS2. The number of thiazole rings is 1. The van der Waals surface area contributed by atoms with Crippen LogP contribution in [0.25, 0.3) is 10.2 Å². The van der Waals surface area contributed by atoms with Crippen LogP contribution in [0.3, 0.4) is 0 Å². The molecule has 1 N–H and O–H groups in total. The number of anilines is 1. The van der Waals surface area contributed by atoms with Gasteiger partial charge in [-0.05, 0) is 32.0 Å². The number of rotatable bonds is 6. The number of fused-ring (bicyclic) bond motifs is 1. The SMILES string of the molecule is CC(C)(C(=O)Nc1ccc2nc(SCC(F)F)sc2c1)n1cncn1. The highest BCUT2D eigenvalue weighted by atomic mass is 32.2. The van der Waals surface area contributed by atoms with Gasteiger partial charge < -0.3 is 5.32 Å². The summed E-state index contributed by atoms with van der Waals surface area (Å²) in [6, 6.07) is 5.28. The van der Waals surface area contributed by atoms with E-state index in [0.29, 0.717) is 10.0 Å². The summed E-state index contributed by atoms with van der Waals surface area (Å²) in [7, 11) is 0. The third kappa shape index (κ3) is 3.96. The first kappa shape index (κ1) is 17.7. The predicted molar refractivity (Wildman–Crippen MR) is 94.3 cm³/mol. The van der Waals surface area contributed by atoms with Gasteiger partial charge in [-0.1, -0.05) is 11.8 Å². The molecule has 0 bridgehead atoms. The highest BCUT2D eigenvalue weighted by Gasteiger charge is 2.30. The molecule has 0 aliphatic heterocycles.